The van der Waals surface area contributed by atoms with Gasteiger partial charge in [0.1, 0.15) is 5.60 Å². The maximum absolute atomic E-state index is 11.9. The van der Waals surface area contributed by atoms with Crippen molar-refractivity contribution < 1.29 is 23.8 Å². The number of likely N-dealkylation sites (tertiary alicyclic amines) is 1. The Labute approximate surface area is 203 Å². The molecule has 0 N–H and O–H groups in total. The number of methoxy groups -OCH3 is 2. The van der Waals surface area contributed by atoms with E-state index in [9.17, 15) is 9.59 Å². The number of hydrogen-bond donors (Lipinski definition) is 0. The number of rotatable bonds is 4. The third-order valence-corrected chi connectivity index (χ3v) is 5.02. The zero-order chi connectivity index (χ0) is 26.0. The summed E-state index contributed by atoms with van der Waals surface area (Å²) in [7, 11) is 6.99. The lowest BCUT2D eigenvalue weighted by Gasteiger charge is -2.31. The zero-order valence-electron chi connectivity index (χ0n) is 23.3. The van der Waals surface area contributed by atoms with Gasteiger partial charge in [0.15, 0.2) is 0 Å². The van der Waals surface area contributed by atoms with Gasteiger partial charge in [-0.25, -0.2) is 9.59 Å². The minimum absolute atomic E-state index is 0.210. The highest BCUT2D eigenvalue weighted by molar-refractivity contribution is 5.68. The first-order chi connectivity index (χ1) is 15.6. The fourth-order valence-corrected chi connectivity index (χ4v) is 3.15. The van der Waals surface area contributed by atoms with Crippen LogP contribution in [0.15, 0.2) is 0 Å². The van der Waals surface area contributed by atoms with Gasteiger partial charge in [-0.15, -0.1) is 0 Å². The molecular weight excluding hydrogens is 424 g/mol. The molecule has 33 heavy (non-hydrogen) atoms. The molecule has 2 saturated heterocycles. The van der Waals surface area contributed by atoms with Crippen LogP contribution in [0, 0.1) is 0 Å². The molecule has 2 amide bonds. The van der Waals surface area contributed by atoms with Crippen LogP contribution in [0.25, 0.3) is 0 Å². The number of carbonyl (C=O) groups is 2. The maximum Gasteiger partial charge on any atom is 0.410 e. The highest BCUT2D eigenvalue weighted by Gasteiger charge is 2.30. The molecule has 9 nitrogen and oxygen atoms in total. The quantitative estimate of drug-likeness (QED) is 0.613. The molecule has 0 aliphatic carbocycles. The molecule has 0 saturated carbocycles. The molecule has 0 aromatic rings. The lowest BCUT2D eigenvalue weighted by Crippen LogP contribution is -2.47. The molecule has 2 heterocycles. The minimum atomic E-state index is -0.431. The van der Waals surface area contributed by atoms with Crippen molar-refractivity contribution in [2.45, 2.75) is 66.5 Å². The third-order valence-electron chi connectivity index (χ3n) is 5.02. The Morgan fingerprint density at radius 3 is 1.97 bits per heavy atom. The minimum Gasteiger partial charge on any atom is -0.453 e. The molecule has 2 fully saturated rings. The second-order valence-electron chi connectivity index (χ2n) is 8.59. The van der Waals surface area contributed by atoms with Crippen LogP contribution in [-0.4, -0.2) is 124 Å². The van der Waals surface area contributed by atoms with Crippen molar-refractivity contribution in [2.75, 3.05) is 80.7 Å². The summed E-state index contributed by atoms with van der Waals surface area (Å²) in [6, 6.07) is 0.247. The average molecular weight is 477 g/mol. The van der Waals surface area contributed by atoms with Crippen LogP contribution in [0.2, 0.25) is 0 Å². The molecule has 1 unspecified atom stereocenters. The highest BCUT2D eigenvalue weighted by atomic mass is 16.6. The van der Waals surface area contributed by atoms with Gasteiger partial charge in [0.2, 0.25) is 0 Å². The second kappa shape index (κ2) is 18.8. The summed E-state index contributed by atoms with van der Waals surface area (Å²) in [6.45, 7) is 20.7. The van der Waals surface area contributed by atoms with Crippen molar-refractivity contribution in [1.29, 1.82) is 0 Å². The molecule has 2 rings (SSSR count). The van der Waals surface area contributed by atoms with Gasteiger partial charge in [-0.1, -0.05) is 27.7 Å². The fourth-order valence-electron chi connectivity index (χ4n) is 3.15. The summed E-state index contributed by atoms with van der Waals surface area (Å²) in [5.74, 6) is 0. The number of hydrogen-bond acceptors (Lipinski definition) is 7. The van der Waals surface area contributed by atoms with Crippen LogP contribution in [0.4, 0.5) is 9.59 Å². The molecule has 1 atom stereocenters. The number of carbonyl (C=O) groups excluding carboxylic acids is 2. The van der Waals surface area contributed by atoms with Gasteiger partial charge in [-0.3, -0.25) is 4.90 Å². The topological polar surface area (TPSA) is 74.8 Å². The van der Waals surface area contributed by atoms with Crippen LogP contribution in [-0.2, 0) is 14.2 Å². The summed E-state index contributed by atoms with van der Waals surface area (Å²) in [5.41, 5.74) is -0.431. The second-order valence-corrected chi connectivity index (χ2v) is 8.59. The molecule has 0 aromatic heterocycles. The molecular formula is C24H52N4O5. The highest BCUT2D eigenvalue weighted by Crippen LogP contribution is 2.17. The SMILES string of the molecule is CC.CC.COC(=O)N1CCN(C)CC1.COCCN1CCC(N(C)C(=O)OC(C)(C)C)C1. The van der Waals surface area contributed by atoms with Crippen molar-refractivity contribution in [3.8, 4) is 0 Å². The van der Waals surface area contributed by atoms with E-state index in [1.807, 2.05) is 55.5 Å². The van der Waals surface area contributed by atoms with E-state index < -0.39 is 5.60 Å². The van der Waals surface area contributed by atoms with Gasteiger partial charge in [-0.2, -0.15) is 0 Å². The van der Waals surface area contributed by atoms with Crippen molar-refractivity contribution >= 4 is 12.2 Å². The first-order valence-electron chi connectivity index (χ1n) is 12.3. The smallest absolute Gasteiger partial charge is 0.410 e. The standard InChI is InChI=1S/C13H26N2O3.C7H14N2O2.2C2H6/c1-13(2,3)18-12(16)14(4)11-6-7-15(10-11)8-9-17-5;1-8-3-5-9(6-4-8)7(10)11-2;2*1-2/h11H,6-10H2,1-5H3;3-6H2,1-2H3;2*1-2H3. The van der Waals surface area contributed by atoms with E-state index in [1.54, 1.807) is 16.9 Å². The molecule has 0 radical (unpaired) electrons. The van der Waals surface area contributed by atoms with Crippen LogP contribution in [0.5, 0.6) is 0 Å². The van der Waals surface area contributed by atoms with Gasteiger partial charge in [0, 0.05) is 66.0 Å². The predicted octanol–water partition coefficient (Wildman–Crippen LogP) is 3.63. The number of likely N-dealkylation sites (N-methyl/N-ethyl adjacent to an activating group) is 2. The molecule has 0 spiro atoms. The van der Waals surface area contributed by atoms with Crippen LogP contribution < -0.4 is 0 Å². The third kappa shape index (κ3) is 15.0. The normalized spacial score (nSPS) is 18.5. The van der Waals surface area contributed by atoms with Crippen molar-refractivity contribution in [3.05, 3.63) is 0 Å². The van der Waals surface area contributed by atoms with Gasteiger partial charge in [0.05, 0.1) is 13.7 Å². The Kier molecular flexibility index (Phi) is 19.1. The summed E-state index contributed by atoms with van der Waals surface area (Å²) in [6.07, 6.45) is 0.554. The molecule has 2 aliphatic heterocycles. The number of piperazine rings is 1. The van der Waals surface area contributed by atoms with E-state index in [1.165, 1.54) is 7.11 Å². The number of ether oxygens (including phenoxy) is 3. The largest absolute Gasteiger partial charge is 0.453 e. The van der Waals surface area contributed by atoms with E-state index in [0.717, 1.165) is 58.8 Å². The number of amides is 2. The van der Waals surface area contributed by atoms with Gasteiger partial charge in [0.25, 0.3) is 0 Å². The predicted molar refractivity (Wildman–Crippen MR) is 135 cm³/mol. The van der Waals surface area contributed by atoms with Crippen LogP contribution >= 0.6 is 0 Å². The van der Waals surface area contributed by atoms with Gasteiger partial charge in [-0.05, 0) is 34.2 Å². The van der Waals surface area contributed by atoms with Crippen molar-refractivity contribution in [2.24, 2.45) is 0 Å². The Balaban J connectivity index is 0. The van der Waals surface area contributed by atoms with Gasteiger partial charge < -0.3 is 28.9 Å². The molecule has 198 valence electrons. The fraction of sp³-hybridized carbons (Fsp3) is 0.917. The molecule has 0 aromatic carbocycles. The molecule has 2 aliphatic rings. The first kappa shape index (κ1) is 33.6. The maximum atomic E-state index is 11.9. The Bertz CT molecular complexity index is 506. The van der Waals surface area contributed by atoms with Crippen molar-refractivity contribution in [1.82, 2.24) is 19.6 Å². The van der Waals surface area contributed by atoms with Gasteiger partial charge >= 0.3 is 12.2 Å². The number of nitrogens with zero attached hydrogens (tertiary/aromatic N) is 4. The van der Waals surface area contributed by atoms with E-state index in [-0.39, 0.29) is 18.2 Å². The molecule has 9 heteroatoms. The van der Waals surface area contributed by atoms with Crippen molar-refractivity contribution in [3.63, 3.8) is 0 Å². The lowest BCUT2D eigenvalue weighted by molar-refractivity contribution is 0.0227. The zero-order valence-corrected chi connectivity index (χ0v) is 23.3. The first-order valence-corrected chi connectivity index (χ1v) is 12.3. The van der Waals surface area contributed by atoms with E-state index in [0.29, 0.717) is 0 Å². The Morgan fingerprint density at radius 1 is 0.970 bits per heavy atom. The van der Waals surface area contributed by atoms with Crippen LogP contribution in [0.1, 0.15) is 54.9 Å². The average Bonchev–Trinajstić information content (AvgIpc) is 3.28. The summed E-state index contributed by atoms with van der Waals surface area (Å²) >= 11 is 0. The lowest BCUT2D eigenvalue weighted by atomic mass is 10.2. The van der Waals surface area contributed by atoms with E-state index in [4.69, 9.17) is 9.47 Å². The van der Waals surface area contributed by atoms with E-state index in [2.05, 4.69) is 21.6 Å². The Hall–Kier alpha value is -1.58. The summed E-state index contributed by atoms with van der Waals surface area (Å²) < 4.78 is 15.0. The summed E-state index contributed by atoms with van der Waals surface area (Å²) in [5, 5.41) is 0. The summed E-state index contributed by atoms with van der Waals surface area (Å²) in [4.78, 5) is 30.8. The Morgan fingerprint density at radius 2 is 1.52 bits per heavy atom. The van der Waals surface area contributed by atoms with Crippen LogP contribution in [0.3, 0.4) is 0 Å². The van der Waals surface area contributed by atoms with E-state index >= 15 is 0 Å². The monoisotopic (exact) mass is 476 g/mol. The molecule has 0 bridgehead atoms.